The third kappa shape index (κ3) is 4.62. The van der Waals surface area contributed by atoms with Crippen LogP contribution in [0.2, 0.25) is 0 Å². The van der Waals surface area contributed by atoms with Gasteiger partial charge in [-0.15, -0.1) is 0 Å². The van der Waals surface area contributed by atoms with Crippen LogP contribution in [-0.2, 0) is 4.79 Å². The number of anilines is 1. The van der Waals surface area contributed by atoms with Crippen LogP contribution in [0.4, 0.5) is 5.82 Å². The Kier molecular flexibility index (Phi) is 6.42. The average Bonchev–Trinajstić information content (AvgIpc) is 3.17. The summed E-state index contributed by atoms with van der Waals surface area (Å²) in [5, 5.41) is 22.0. The minimum Gasteiger partial charge on any atom is -0.478 e. The minimum absolute atomic E-state index is 0.0634. The average molecular weight is 412 g/mol. The fourth-order valence-corrected chi connectivity index (χ4v) is 4.28. The van der Waals surface area contributed by atoms with Crippen molar-refractivity contribution in [1.29, 1.82) is 5.26 Å². The fourth-order valence-electron chi connectivity index (χ4n) is 4.28. The molecule has 2 aliphatic rings. The smallest absolute Gasteiger partial charge is 0.335 e. The van der Waals surface area contributed by atoms with Crippen molar-refractivity contribution in [1.82, 2.24) is 15.2 Å². The number of pyridine rings is 1. The molecule has 3 rings (SSSR count). The van der Waals surface area contributed by atoms with E-state index in [9.17, 15) is 20.0 Å². The van der Waals surface area contributed by atoms with Crippen molar-refractivity contribution >= 4 is 17.7 Å². The monoisotopic (exact) mass is 411 g/mol. The largest absolute Gasteiger partial charge is 0.478 e. The van der Waals surface area contributed by atoms with Gasteiger partial charge in [0.2, 0.25) is 5.91 Å². The van der Waals surface area contributed by atoms with Gasteiger partial charge in [-0.2, -0.15) is 5.26 Å². The number of amides is 1. The first-order valence-electron chi connectivity index (χ1n) is 10.3. The van der Waals surface area contributed by atoms with Crippen molar-refractivity contribution in [3.8, 4) is 6.07 Å². The highest BCUT2D eigenvalue weighted by Gasteiger charge is 2.38. The molecule has 160 valence electrons. The van der Waals surface area contributed by atoms with Crippen LogP contribution in [0.3, 0.4) is 0 Å². The number of aromatic nitrogens is 1. The van der Waals surface area contributed by atoms with Crippen molar-refractivity contribution in [2.45, 2.75) is 57.2 Å². The van der Waals surface area contributed by atoms with Crippen LogP contribution in [0.15, 0.2) is 30.5 Å². The molecule has 0 bridgehead atoms. The Morgan fingerprint density at radius 3 is 2.70 bits per heavy atom. The molecule has 0 unspecified atom stereocenters. The van der Waals surface area contributed by atoms with Gasteiger partial charge < -0.3 is 20.2 Å². The Morgan fingerprint density at radius 2 is 2.10 bits per heavy atom. The number of carbonyl (C=O) groups is 2. The van der Waals surface area contributed by atoms with Gasteiger partial charge in [-0.1, -0.05) is 12.2 Å². The highest BCUT2D eigenvalue weighted by Crippen LogP contribution is 2.29. The van der Waals surface area contributed by atoms with Gasteiger partial charge in [0, 0.05) is 24.8 Å². The maximum absolute atomic E-state index is 12.9. The molecular weight excluding hydrogens is 382 g/mol. The van der Waals surface area contributed by atoms with Gasteiger partial charge in [0.05, 0.1) is 24.2 Å². The van der Waals surface area contributed by atoms with E-state index in [4.69, 9.17) is 0 Å². The Hall–Kier alpha value is -2.92. The molecule has 0 saturated carbocycles. The molecule has 2 aliphatic heterocycles. The number of aromatic carboxylic acids is 1. The third-order valence-electron chi connectivity index (χ3n) is 6.24. The molecular formula is C22H29N5O3. The van der Waals surface area contributed by atoms with E-state index in [1.165, 1.54) is 12.3 Å². The number of piperidine rings is 1. The van der Waals surface area contributed by atoms with Crippen molar-refractivity contribution in [2.75, 3.05) is 24.5 Å². The first-order valence-corrected chi connectivity index (χ1v) is 10.3. The lowest BCUT2D eigenvalue weighted by Crippen LogP contribution is -2.55. The van der Waals surface area contributed by atoms with Gasteiger partial charge in [0.25, 0.3) is 0 Å². The Labute approximate surface area is 177 Å². The number of rotatable bonds is 6. The number of hydrogen-bond donors (Lipinski definition) is 2. The predicted molar refractivity (Wildman–Crippen MR) is 113 cm³/mol. The zero-order chi connectivity index (χ0) is 21.9. The second-order valence-electron chi connectivity index (χ2n) is 8.49. The summed E-state index contributed by atoms with van der Waals surface area (Å²) in [5.41, 5.74) is 0.926. The zero-order valence-corrected chi connectivity index (χ0v) is 17.6. The van der Waals surface area contributed by atoms with Crippen LogP contribution in [0.25, 0.3) is 0 Å². The number of hydrogen-bond acceptors (Lipinski definition) is 6. The van der Waals surface area contributed by atoms with E-state index in [1.54, 1.807) is 11.0 Å². The molecule has 3 heterocycles. The first kappa shape index (κ1) is 21.8. The number of likely N-dealkylation sites (tertiary alicyclic amines) is 1. The highest BCUT2D eigenvalue weighted by atomic mass is 16.4. The van der Waals surface area contributed by atoms with Crippen molar-refractivity contribution in [3.05, 3.63) is 36.0 Å². The molecule has 2 atom stereocenters. The summed E-state index contributed by atoms with van der Waals surface area (Å²) in [6, 6.07) is 4.87. The van der Waals surface area contributed by atoms with Crippen molar-refractivity contribution in [2.24, 2.45) is 0 Å². The van der Waals surface area contributed by atoms with Gasteiger partial charge in [-0.25, -0.2) is 9.78 Å². The summed E-state index contributed by atoms with van der Waals surface area (Å²) in [6.07, 6.45) is 4.58. The van der Waals surface area contributed by atoms with Crippen LogP contribution in [0.5, 0.6) is 0 Å². The molecule has 2 fully saturated rings. The normalized spacial score (nSPS) is 23.1. The number of nitriles is 1. The predicted octanol–water partition coefficient (Wildman–Crippen LogP) is 2.19. The summed E-state index contributed by atoms with van der Waals surface area (Å²) in [6.45, 7) is 9.60. The molecule has 1 amide bonds. The quantitative estimate of drug-likeness (QED) is 0.691. The second kappa shape index (κ2) is 8.84. The lowest BCUT2D eigenvalue weighted by Gasteiger charge is -2.41. The molecule has 8 nitrogen and oxygen atoms in total. The molecule has 0 aliphatic carbocycles. The van der Waals surface area contributed by atoms with Gasteiger partial charge in [-0.05, 0) is 51.7 Å². The molecule has 30 heavy (non-hydrogen) atoms. The van der Waals surface area contributed by atoms with E-state index in [0.717, 1.165) is 24.8 Å². The van der Waals surface area contributed by atoms with Gasteiger partial charge in [0.15, 0.2) is 0 Å². The first-order chi connectivity index (χ1) is 14.2. The number of carboxylic acids is 1. The zero-order valence-electron chi connectivity index (χ0n) is 17.6. The maximum Gasteiger partial charge on any atom is 0.335 e. The summed E-state index contributed by atoms with van der Waals surface area (Å²) >= 11 is 0. The molecule has 1 aromatic rings. The van der Waals surface area contributed by atoms with E-state index in [1.807, 2.05) is 6.92 Å². The SMILES string of the molecule is C=C(C)[C@H]1CC[C@@H](C#N)N1C(=O)CNC1(C)CCN(c2cc(C(=O)O)ccn2)CC1. The second-order valence-corrected chi connectivity index (χ2v) is 8.49. The Morgan fingerprint density at radius 1 is 1.40 bits per heavy atom. The van der Waals surface area contributed by atoms with Crippen molar-refractivity contribution in [3.63, 3.8) is 0 Å². The van der Waals surface area contributed by atoms with Crippen molar-refractivity contribution < 1.29 is 14.7 Å². The van der Waals surface area contributed by atoms with E-state index < -0.39 is 5.97 Å². The number of nitrogens with one attached hydrogen (secondary N) is 1. The fraction of sp³-hybridized carbons (Fsp3) is 0.545. The summed E-state index contributed by atoms with van der Waals surface area (Å²) < 4.78 is 0. The van der Waals surface area contributed by atoms with Gasteiger partial charge in [0.1, 0.15) is 11.9 Å². The van der Waals surface area contributed by atoms with Crippen LogP contribution in [0, 0.1) is 11.3 Å². The molecule has 0 radical (unpaired) electrons. The number of carbonyl (C=O) groups excluding carboxylic acids is 1. The summed E-state index contributed by atoms with van der Waals surface area (Å²) in [4.78, 5) is 32.2. The van der Waals surface area contributed by atoms with Crippen LogP contribution < -0.4 is 10.2 Å². The summed E-state index contributed by atoms with van der Waals surface area (Å²) in [7, 11) is 0. The molecule has 2 N–H and O–H groups in total. The van der Waals surface area contributed by atoms with E-state index in [2.05, 4.69) is 34.8 Å². The highest BCUT2D eigenvalue weighted by molar-refractivity contribution is 5.88. The lowest BCUT2D eigenvalue weighted by molar-refractivity contribution is -0.132. The third-order valence-corrected chi connectivity index (χ3v) is 6.24. The molecule has 0 spiro atoms. The lowest BCUT2D eigenvalue weighted by atomic mass is 9.89. The van der Waals surface area contributed by atoms with E-state index in [0.29, 0.717) is 25.3 Å². The standard InChI is InChI=1S/C22H29N5O3/c1-15(2)18-5-4-17(13-23)27(18)20(28)14-25-22(3)7-10-26(11-8-22)19-12-16(21(29)30)6-9-24-19/h6,9,12,17-18,25H,1,4-5,7-8,10-11,14H2,2-3H3,(H,29,30)/t17-,18+/m0/s1. The number of carboxylic acid groups (broad SMARTS) is 1. The molecule has 0 aromatic carbocycles. The van der Waals surface area contributed by atoms with Crippen LogP contribution in [-0.4, -0.2) is 64.1 Å². The topological polar surface area (TPSA) is 110 Å². The minimum atomic E-state index is -0.966. The van der Waals surface area contributed by atoms with Crippen LogP contribution >= 0.6 is 0 Å². The molecule has 1 aromatic heterocycles. The van der Waals surface area contributed by atoms with E-state index in [-0.39, 0.29) is 35.6 Å². The Balaban J connectivity index is 1.58. The van der Waals surface area contributed by atoms with Crippen LogP contribution in [0.1, 0.15) is 49.9 Å². The maximum atomic E-state index is 12.9. The van der Waals surface area contributed by atoms with Gasteiger partial charge in [-0.3, -0.25) is 4.79 Å². The Bertz CT molecular complexity index is 870. The van der Waals surface area contributed by atoms with Gasteiger partial charge >= 0.3 is 5.97 Å². The molecule has 2 saturated heterocycles. The number of nitrogens with zero attached hydrogens (tertiary/aromatic N) is 4. The van der Waals surface area contributed by atoms with E-state index >= 15 is 0 Å². The summed E-state index contributed by atoms with van der Waals surface area (Å²) in [5.74, 6) is -0.371. The molecule has 8 heteroatoms.